The van der Waals surface area contributed by atoms with E-state index < -0.39 is 20.8 Å². The van der Waals surface area contributed by atoms with Gasteiger partial charge >= 0.3 is 37.9 Å². The van der Waals surface area contributed by atoms with Gasteiger partial charge in [-0.05, 0) is 56.1 Å². The van der Waals surface area contributed by atoms with Crippen LogP contribution >= 0.6 is 17.0 Å². The van der Waals surface area contributed by atoms with Crippen LogP contribution in [0.4, 0.5) is 0 Å². The van der Waals surface area contributed by atoms with Gasteiger partial charge in [-0.1, -0.05) is 25.0 Å². The van der Waals surface area contributed by atoms with Crippen LogP contribution in [0.5, 0.6) is 5.75 Å². The summed E-state index contributed by atoms with van der Waals surface area (Å²) in [5, 5.41) is 10.0. The topological polar surface area (TPSA) is 32.6 Å². The first-order valence-electron chi connectivity index (χ1n) is 7.93. The fraction of sp³-hybridized carbons (Fsp3) is 0.588. The van der Waals surface area contributed by atoms with Crippen molar-refractivity contribution in [1.29, 1.82) is 0 Å². The fourth-order valence-corrected chi connectivity index (χ4v) is 3.74. The molecule has 2 aliphatic rings. The van der Waals surface area contributed by atoms with Crippen molar-refractivity contribution in [2.75, 3.05) is 0 Å². The van der Waals surface area contributed by atoms with Gasteiger partial charge in [0.05, 0.1) is 6.04 Å². The van der Waals surface area contributed by atoms with E-state index in [1.807, 2.05) is 31.3 Å². The average Bonchev–Trinajstić information content (AvgIpc) is 2.51. The Morgan fingerprint density at radius 2 is 2.00 bits per heavy atom. The summed E-state index contributed by atoms with van der Waals surface area (Å²) in [6, 6.07) is 6.34. The van der Waals surface area contributed by atoms with E-state index in [2.05, 4.69) is 0 Å². The molecule has 3 rings (SSSR count). The molecule has 0 aliphatic heterocycles. The molecule has 0 heterocycles. The molecular formula is C17H23Cl2NOZr. The van der Waals surface area contributed by atoms with Crippen molar-refractivity contribution in [2.45, 2.75) is 51.5 Å². The number of halogens is 2. The normalized spacial score (nSPS) is 27.1. The summed E-state index contributed by atoms with van der Waals surface area (Å²) >= 11 is -0.826. The van der Waals surface area contributed by atoms with Crippen molar-refractivity contribution in [2.24, 2.45) is 16.8 Å². The molecule has 2 aliphatic carbocycles. The standard InChI is InChI=1S/C17H23NO.2ClH.Zr/c1-12-4-2-7-15(17(12)19)11-18-16-9-8-13-5-3-6-14(16)10-13;;;/h2,4,7,11,13-14,16,19H,3,5-6,8-10H2,1H3;2*1H;/q;;;+2/p-2. The summed E-state index contributed by atoms with van der Waals surface area (Å²) in [4.78, 5) is 4.79. The Balaban J connectivity index is 0.000000545. The molecule has 0 spiro atoms. The molecule has 5 heteroatoms. The number of fused-ring (bicyclic) bond motifs is 2. The van der Waals surface area contributed by atoms with E-state index in [1.54, 1.807) is 0 Å². The number of hydrogen-bond donors (Lipinski definition) is 1. The predicted octanol–water partition coefficient (Wildman–Crippen LogP) is 5.46. The number of phenolic OH excluding ortho intramolecular Hbond substituents is 1. The Hall–Kier alpha value is 0.153. The second kappa shape index (κ2) is 9.45. The molecule has 2 saturated carbocycles. The van der Waals surface area contributed by atoms with E-state index in [4.69, 9.17) is 22.0 Å². The molecule has 2 nitrogen and oxygen atoms in total. The monoisotopic (exact) mass is 417 g/mol. The van der Waals surface area contributed by atoms with Gasteiger partial charge < -0.3 is 5.11 Å². The van der Waals surface area contributed by atoms with Crippen LogP contribution in [0.1, 0.15) is 49.7 Å². The van der Waals surface area contributed by atoms with Gasteiger partial charge in [0.25, 0.3) is 0 Å². The molecule has 0 amide bonds. The Morgan fingerprint density at radius 3 is 2.77 bits per heavy atom. The maximum absolute atomic E-state index is 10.0. The van der Waals surface area contributed by atoms with Crippen LogP contribution in [-0.4, -0.2) is 17.4 Å². The van der Waals surface area contributed by atoms with Crippen LogP contribution in [0, 0.1) is 18.8 Å². The quantitative estimate of drug-likeness (QED) is 0.634. The Morgan fingerprint density at radius 1 is 1.23 bits per heavy atom. The van der Waals surface area contributed by atoms with E-state index in [0.29, 0.717) is 11.8 Å². The molecule has 2 fully saturated rings. The summed E-state index contributed by atoms with van der Waals surface area (Å²) in [6.45, 7) is 1.93. The number of rotatable bonds is 2. The number of benzene rings is 1. The first-order valence-corrected chi connectivity index (χ1v) is 14.3. The molecule has 3 unspecified atom stereocenters. The van der Waals surface area contributed by atoms with Crippen LogP contribution in [0.3, 0.4) is 0 Å². The van der Waals surface area contributed by atoms with Gasteiger partial charge in [0.2, 0.25) is 0 Å². The molecule has 120 valence electrons. The zero-order valence-corrected chi connectivity index (χ0v) is 16.9. The van der Waals surface area contributed by atoms with Gasteiger partial charge in [0.15, 0.2) is 0 Å². The minimum absolute atomic E-state index is 0.378. The zero-order chi connectivity index (χ0) is 15.9. The number of para-hydroxylation sites is 1. The zero-order valence-electron chi connectivity index (χ0n) is 12.9. The Bertz CT molecular complexity index is 509. The van der Waals surface area contributed by atoms with E-state index in [-0.39, 0.29) is 0 Å². The van der Waals surface area contributed by atoms with Crippen LogP contribution in [-0.2, 0) is 20.8 Å². The van der Waals surface area contributed by atoms with Crippen LogP contribution in [0.2, 0.25) is 0 Å². The molecule has 22 heavy (non-hydrogen) atoms. The number of nitrogens with zero attached hydrogens (tertiary/aromatic N) is 1. The molecule has 1 aromatic rings. The summed E-state index contributed by atoms with van der Waals surface area (Å²) in [5.74, 6) is 2.14. The number of aromatic hydroxyl groups is 1. The van der Waals surface area contributed by atoms with Crippen molar-refractivity contribution >= 4 is 23.2 Å². The summed E-state index contributed by atoms with van der Waals surface area (Å²) in [6.07, 6.45) is 10.0. The van der Waals surface area contributed by atoms with Crippen molar-refractivity contribution in [3.05, 3.63) is 29.3 Å². The molecule has 0 aromatic heterocycles. The first kappa shape index (κ1) is 18.5. The van der Waals surface area contributed by atoms with Crippen molar-refractivity contribution in [1.82, 2.24) is 0 Å². The van der Waals surface area contributed by atoms with Gasteiger partial charge in [-0.3, -0.25) is 4.99 Å². The number of aryl methyl sites for hydroxylation is 1. The van der Waals surface area contributed by atoms with Crippen LogP contribution in [0.25, 0.3) is 0 Å². The van der Waals surface area contributed by atoms with Crippen molar-refractivity contribution in [3.8, 4) is 5.75 Å². The van der Waals surface area contributed by atoms with Gasteiger partial charge in [-0.2, -0.15) is 0 Å². The molecule has 0 radical (unpaired) electrons. The molecule has 3 atom stereocenters. The fourth-order valence-electron chi connectivity index (χ4n) is 3.74. The maximum atomic E-state index is 10.0. The summed E-state index contributed by atoms with van der Waals surface area (Å²) < 4.78 is 0. The third-order valence-electron chi connectivity index (χ3n) is 4.91. The predicted molar refractivity (Wildman–Crippen MR) is 90.6 cm³/mol. The van der Waals surface area contributed by atoms with E-state index in [0.717, 1.165) is 23.0 Å². The third-order valence-corrected chi connectivity index (χ3v) is 4.91. The Labute approximate surface area is 152 Å². The Kier molecular flexibility index (Phi) is 7.94. The van der Waals surface area contributed by atoms with E-state index >= 15 is 0 Å². The molecular weight excluding hydrogens is 396 g/mol. The van der Waals surface area contributed by atoms with Crippen LogP contribution < -0.4 is 0 Å². The molecule has 2 bridgehead atoms. The number of phenols is 1. The molecule has 1 aromatic carbocycles. The number of aliphatic imine (C=N–C) groups is 1. The van der Waals surface area contributed by atoms with Crippen molar-refractivity contribution < 1.29 is 26.0 Å². The first-order chi connectivity index (χ1) is 10.7. The molecule has 0 saturated heterocycles. The van der Waals surface area contributed by atoms with Gasteiger partial charge in [-0.15, -0.1) is 0 Å². The molecule has 1 N–H and O–H groups in total. The van der Waals surface area contributed by atoms with Crippen LogP contribution in [0.15, 0.2) is 23.2 Å². The summed E-state index contributed by atoms with van der Waals surface area (Å²) in [7, 11) is 9.87. The van der Waals surface area contributed by atoms with E-state index in [1.165, 1.54) is 38.5 Å². The second-order valence-electron chi connectivity index (χ2n) is 6.30. The SMILES string of the molecule is Cc1cccc(C=NC2CCC3CCCC2C3)c1O.[Cl][Zr][Cl]. The van der Waals surface area contributed by atoms with Crippen molar-refractivity contribution in [3.63, 3.8) is 0 Å². The minimum atomic E-state index is -0.826. The van der Waals surface area contributed by atoms with Gasteiger partial charge in [0.1, 0.15) is 5.75 Å². The van der Waals surface area contributed by atoms with Gasteiger partial charge in [-0.25, -0.2) is 0 Å². The van der Waals surface area contributed by atoms with Gasteiger partial charge in [0, 0.05) is 11.8 Å². The second-order valence-corrected chi connectivity index (χ2v) is 10.0. The summed E-state index contributed by atoms with van der Waals surface area (Å²) in [5.41, 5.74) is 1.78. The number of hydrogen-bond acceptors (Lipinski definition) is 2. The average molecular weight is 420 g/mol. The van der Waals surface area contributed by atoms with E-state index in [9.17, 15) is 5.11 Å². The third kappa shape index (κ3) is 5.08.